The van der Waals surface area contributed by atoms with Crippen molar-refractivity contribution < 1.29 is 9.47 Å². The summed E-state index contributed by atoms with van der Waals surface area (Å²) in [6.45, 7) is 5.04. The lowest BCUT2D eigenvalue weighted by molar-refractivity contribution is 0.0270. The summed E-state index contributed by atoms with van der Waals surface area (Å²) in [5, 5.41) is 0. The maximum absolute atomic E-state index is 5.98. The molecule has 0 aromatic carbocycles. The molecule has 2 nitrogen and oxygen atoms in total. The van der Waals surface area contributed by atoms with Gasteiger partial charge in [0.05, 0.1) is 21.9 Å². The molecule has 0 fully saturated rings. The van der Waals surface area contributed by atoms with Gasteiger partial charge in [-0.15, -0.1) is 0 Å². The first-order valence-electron chi connectivity index (χ1n) is 7.38. The SMILES string of the molecule is CC1(Br)C(Br)=CC(OCCOC2C=C(Br)C(C)(Br)C(Br)=C2Br)C(Br)=C1Br. The van der Waals surface area contributed by atoms with Crippen molar-refractivity contribution in [2.45, 2.75) is 34.7 Å². The molecule has 0 aromatic rings. The van der Waals surface area contributed by atoms with Crippen molar-refractivity contribution in [1.82, 2.24) is 0 Å². The molecular weight excluding hydrogens is 863 g/mol. The van der Waals surface area contributed by atoms with E-state index in [1.165, 1.54) is 0 Å². The van der Waals surface area contributed by atoms with Crippen LogP contribution >= 0.6 is 127 Å². The molecular formula is C16H14Br8O2. The Balaban J connectivity index is 1.94. The van der Waals surface area contributed by atoms with Gasteiger partial charge in [-0.25, -0.2) is 0 Å². The quantitative estimate of drug-likeness (QED) is 0.204. The Labute approximate surface area is 221 Å². The summed E-state index contributed by atoms with van der Waals surface area (Å²) >= 11 is 29.1. The number of hydrogen-bond donors (Lipinski definition) is 0. The van der Waals surface area contributed by atoms with E-state index in [4.69, 9.17) is 9.47 Å². The number of allylic oxidation sites excluding steroid dienone is 4. The van der Waals surface area contributed by atoms with Crippen molar-refractivity contribution in [2.24, 2.45) is 0 Å². The minimum Gasteiger partial charge on any atom is -0.366 e. The highest BCUT2D eigenvalue weighted by atomic mass is 79.9. The Morgan fingerprint density at radius 2 is 1.04 bits per heavy atom. The van der Waals surface area contributed by atoms with Crippen LogP contribution in [0.25, 0.3) is 0 Å². The fourth-order valence-electron chi connectivity index (χ4n) is 2.23. The van der Waals surface area contributed by atoms with Gasteiger partial charge in [-0.1, -0.05) is 127 Å². The first kappa shape index (κ1) is 25.0. The van der Waals surface area contributed by atoms with Crippen LogP contribution in [0.4, 0.5) is 0 Å². The van der Waals surface area contributed by atoms with Gasteiger partial charge >= 0.3 is 0 Å². The molecule has 0 bridgehead atoms. The molecule has 0 N–H and O–H groups in total. The van der Waals surface area contributed by atoms with Gasteiger partial charge in [0.2, 0.25) is 0 Å². The molecule has 0 aromatic heterocycles. The van der Waals surface area contributed by atoms with E-state index in [1.54, 1.807) is 0 Å². The molecule has 2 aliphatic carbocycles. The van der Waals surface area contributed by atoms with E-state index >= 15 is 0 Å². The molecule has 0 radical (unpaired) electrons. The summed E-state index contributed by atoms with van der Waals surface area (Å²) in [6, 6.07) is 0. The second kappa shape index (κ2) is 9.90. The topological polar surface area (TPSA) is 18.5 Å². The van der Waals surface area contributed by atoms with E-state index in [2.05, 4.69) is 141 Å². The molecule has 0 aliphatic heterocycles. The van der Waals surface area contributed by atoms with E-state index in [9.17, 15) is 0 Å². The van der Waals surface area contributed by atoms with Gasteiger partial charge in [0, 0.05) is 26.9 Å². The van der Waals surface area contributed by atoms with Gasteiger partial charge in [-0.2, -0.15) is 0 Å². The number of hydrogen-bond acceptors (Lipinski definition) is 2. The van der Waals surface area contributed by atoms with E-state index in [0.29, 0.717) is 13.2 Å². The van der Waals surface area contributed by atoms with E-state index < -0.39 is 0 Å². The van der Waals surface area contributed by atoms with Gasteiger partial charge in [0.15, 0.2) is 0 Å². The Kier molecular flexibility index (Phi) is 9.51. The van der Waals surface area contributed by atoms with Crippen LogP contribution in [0.5, 0.6) is 0 Å². The van der Waals surface area contributed by atoms with Gasteiger partial charge in [0.25, 0.3) is 0 Å². The zero-order valence-corrected chi connectivity index (χ0v) is 26.3. The molecule has 0 saturated heterocycles. The molecule has 4 atom stereocenters. The Morgan fingerprint density at radius 3 is 1.35 bits per heavy atom. The third kappa shape index (κ3) is 5.31. The molecule has 10 heteroatoms. The van der Waals surface area contributed by atoms with Crippen molar-refractivity contribution in [3.63, 3.8) is 0 Å². The third-order valence-electron chi connectivity index (χ3n) is 3.91. The molecule has 0 amide bonds. The highest BCUT2D eigenvalue weighted by molar-refractivity contribution is 9.17. The van der Waals surface area contributed by atoms with Crippen molar-refractivity contribution in [2.75, 3.05) is 13.2 Å². The third-order valence-corrected chi connectivity index (χ3v) is 15.0. The molecule has 0 saturated carbocycles. The summed E-state index contributed by atoms with van der Waals surface area (Å²) in [4.78, 5) is 0. The predicted molar refractivity (Wildman–Crippen MR) is 138 cm³/mol. The molecule has 2 aliphatic rings. The van der Waals surface area contributed by atoms with Crippen LogP contribution in [-0.4, -0.2) is 34.1 Å². The van der Waals surface area contributed by atoms with Crippen LogP contribution in [0.2, 0.25) is 0 Å². The van der Waals surface area contributed by atoms with Crippen molar-refractivity contribution in [3.8, 4) is 0 Å². The summed E-state index contributed by atoms with van der Waals surface area (Å²) in [5.41, 5.74) is 0. The highest BCUT2D eigenvalue weighted by Gasteiger charge is 2.37. The van der Waals surface area contributed by atoms with Gasteiger partial charge < -0.3 is 9.47 Å². The van der Waals surface area contributed by atoms with Crippen LogP contribution in [0.1, 0.15) is 13.8 Å². The molecule has 146 valence electrons. The van der Waals surface area contributed by atoms with Crippen molar-refractivity contribution >= 4 is 127 Å². The van der Waals surface area contributed by atoms with Crippen LogP contribution in [0.3, 0.4) is 0 Å². The smallest absolute Gasteiger partial charge is 0.109 e. The average Bonchev–Trinajstić information content (AvgIpc) is 2.57. The number of halogens is 8. The van der Waals surface area contributed by atoms with Gasteiger partial charge in [0.1, 0.15) is 12.2 Å². The molecule has 4 unspecified atom stereocenters. The number of ether oxygens (including phenoxy) is 2. The lowest BCUT2D eigenvalue weighted by Crippen LogP contribution is -2.29. The minimum atomic E-state index is -0.286. The largest absolute Gasteiger partial charge is 0.366 e. The number of alkyl halides is 2. The Morgan fingerprint density at radius 1 is 0.731 bits per heavy atom. The average molecular weight is 878 g/mol. The fourth-order valence-corrected chi connectivity index (χ4v) is 7.06. The summed E-state index contributed by atoms with van der Waals surface area (Å²) in [5.74, 6) is 0. The Bertz CT molecular complexity index is 645. The van der Waals surface area contributed by atoms with E-state index in [0.717, 1.165) is 26.9 Å². The van der Waals surface area contributed by atoms with E-state index in [1.807, 2.05) is 12.2 Å². The monoisotopic (exact) mass is 869 g/mol. The van der Waals surface area contributed by atoms with Gasteiger partial charge in [-0.3, -0.25) is 0 Å². The van der Waals surface area contributed by atoms with Crippen LogP contribution in [-0.2, 0) is 9.47 Å². The first-order valence-corrected chi connectivity index (χ1v) is 13.7. The standard InChI is InChI=1S/C16H14Br8O2/c1-15(23)9(17)5-7(11(19)13(15)21)25-3-4-26-8-6-10(18)16(2,24)14(22)12(8)20/h5-8H,3-4H2,1-2H3. The number of rotatable bonds is 5. The molecule has 26 heavy (non-hydrogen) atoms. The highest BCUT2D eigenvalue weighted by Crippen LogP contribution is 2.49. The predicted octanol–water partition coefficient (Wildman–Crippen LogP) is 8.65. The summed E-state index contributed by atoms with van der Waals surface area (Å²) in [7, 11) is 0. The van der Waals surface area contributed by atoms with Crippen molar-refractivity contribution in [1.29, 1.82) is 0 Å². The van der Waals surface area contributed by atoms with Crippen LogP contribution in [0, 0.1) is 0 Å². The lowest BCUT2D eigenvalue weighted by atomic mass is 10.0. The zero-order valence-electron chi connectivity index (χ0n) is 13.6. The molecule has 2 rings (SSSR count). The summed E-state index contributed by atoms with van der Waals surface area (Å²) < 4.78 is 17.3. The summed E-state index contributed by atoms with van der Waals surface area (Å²) in [6.07, 6.45) is 3.73. The Hall–Kier alpha value is 2.72. The normalized spacial score (nSPS) is 35.6. The molecule has 0 spiro atoms. The second-order valence-corrected chi connectivity index (χ2v) is 14.1. The van der Waals surface area contributed by atoms with E-state index in [-0.39, 0.29) is 20.9 Å². The van der Waals surface area contributed by atoms with Gasteiger partial charge in [-0.05, 0) is 26.0 Å². The maximum Gasteiger partial charge on any atom is 0.109 e. The lowest BCUT2D eigenvalue weighted by Gasteiger charge is -2.32. The second-order valence-electron chi connectivity index (χ2n) is 5.94. The zero-order chi connectivity index (χ0) is 19.9. The molecule has 0 heterocycles. The van der Waals surface area contributed by atoms with Crippen molar-refractivity contribution in [3.05, 3.63) is 39.0 Å². The first-order chi connectivity index (χ1) is 11.9. The fraction of sp³-hybridized carbons (Fsp3) is 0.500. The maximum atomic E-state index is 5.98. The van der Waals surface area contributed by atoms with Crippen LogP contribution < -0.4 is 0 Å². The van der Waals surface area contributed by atoms with Crippen LogP contribution in [0.15, 0.2) is 39.0 Å². The minimum absolute atomic E-state index is 0.168.